The van der Waals surface area contributed by atoms with Crippen LogP contribution in [0.2, 0.25) is 0 Å². The predicted octanol–water partition coefficient (Wildman–Crippen LogP) is 9.67. The number of carboxylic acids is 1. The molecule has 2 rings (SSSR count). The fourth-order valence-electron chi connectivity index (χ4n) is 3.86. The molecule has 1 aromatic carbocycles. The van der Waals surface area contributed by atoms with Crippen molar-refractivity contribution in [3.63, 3.8) is 0 Å². The molecule has 0 fully saturated rings. The van der Waals surface area contributed by atoms with Crippen molar-refractivity contribution < 1.29 is 18.7 Å². The molecule has 0 spiro atoms. The van der Waals surface area contributed by atoms with Gasteiger partial charge in [0.15, 0.2) is 11.1 Å². The van der Waals surface area contributed by atoms with E-state index in [9.17, 15) is 13.6 Å². The molecular formula is C34H51NO4S. The van der Waals surface area contributed by atoms with Gasteiger partial charge in [-0.1, -0.05) is 109 Å². The average molecular weight is 570 g/mol. The standard InChI is InChI=1S/C24H29NO2S.C7H14O2.C3H8/c1-7-8-11-20-15-21(25-19(20)4)12-9-10-18(3)24(5,6)23-16-22(28(26)27)14-13-17(23)2;1-2-3-4-5-6-7(8)9;1-3-2/h7-14,16H,4,15H2,1-3,5-6H3,(H,26,27);2-6H2,1H3,(H,8,9);3H2,1-2H3/b8-7-,12-9+,18-10-,20-11-;;. The number of hydrogen-bond acceptors (Lipinski definition) is 3. The van der Waals surface area contributed by atoms with E-state index in [-0.39, 0.29) is 5.41 Å². The van der Waals surface area contributed by atoms with Gasteiger partial charge in [0.1, 0.15) is 0 Å². The van der Waals surface area contributed by atoms with Crippen molar-refractivity contribution in [3.05, 3.63) is 89.2 Å². The molecule has 0 radical (unpaired) electrons. The highest BCUT2D eigenvalue weighted by molar-refractivity contribution is 7.79. The molecule has 0 aliphatic carbocycles. The third-order valence-electron chi connectivity index (χ3n) is 6.46. The Morgan fingerprint density at radius 1 is 1.15 bits per heavy atom. The maximum absolute atomic E-state index is 11.5. The molecule has 222 valence electrons. The van der Waals surface area contributed by atoms with E-state index in [2.05, 4.69) is 65.3 Å². The van der Waals surface area contributed by atoms with Crippen LogP contribution in [0, 0.1) is 6.92 Å². The molecule has 1 atom stereocenters. The van der Waals surface area contributed by atoms with Crippen LogP contribution in [-0.2, 0) is 21.3 Å². The summed E-state index contributed by atoms with van der Waals surface area (Å²) in [5.74, 6) is -0.675. The smallest absolute Gasteiger partial charge is 0.303 e. The van der Waals surface area contributed by atoms with E-state index in [4.69, 9.17) is 5.11 Å². The highest BCUT2D eigenvalue weighted by Crippen LogP contribution is 2.34. The van der Waals surface area contributed by atoms with Crippen LogP contribution in [0.1, 0.15) is 105 Å². The number of aryl methyl sites for hydroxylation is 1. The Kier molecular flexibility index (Phi) is 18.7. The number of aliphatic carboxylic acids is 1. The Balaban J connectivity index is 0.00000106. The van der Waals surface area contributed by atoms with Gasteiger partial charge in [-0.15, -0.1) is 0 Å². The van der Waals surface area contributed by atoms with Gasteiger partial charge in [0.2, 0.25) is 0 Å². The first-order valence-corrected chi connectivity index (χ1v) is 15.3. The summed E-state index contributed by atoms with van der Waals surface area (Å²) in [5.41, 5.74) is 6.02. The number of hydrogen-bond donors (Lipinski definition) is 2. The first-order chi connectivity index (χ1) is 18.8. The van der Waals surface area contributed by atoms with Crippen molar-refractivity contribution in [2.75, 3.05) is 0 Å². The van der Waals surface area contributed by atoms with Crippen LogP contribution in [0.5, 0.6) is 0 Å². The monoisotopic (exact) mass is 569 g/mol. The average Bonchev–Trinajstić information content (AvgIpc) is 3.24. The van der Waals surface area contributed by atoms with Gasteiger partial charge in [-0.2, -0.15) is 0 Å². The second-order valence-electron chi connectivity index (χ2n) is 10.4. The SMILES string of the molecule is C=C1N=C(/C=C/C=C(/C)C(C)(C)c2cc(S(=O)O)ccc2C)C/C1=C/C=C\C.CCC.CCCCCCC(=O)O. The summed E-state index contributed by atoms with van der Waals surface area (Å²) < 4.78 is 20.9. The van der Waals surface area contributed by atoms with Crippen molar-refractivity contribution >= 4 is 22.8 Å². The normalized spacial score (nSPS) is 15.5. The number of aliphatic imine (C=N–C) groups is 1. The third kappa shape index (κ3) is 14.0. The lowest BCUT2D eigenvalue weighted by Crippen LogP contribution is -2.20. The number of benzene rings is 1. The van der Waals surface area contributed by atoms with E-state index in [1.165, 1.54) is 12.8 Å². The largest absolute Gasteiger partial charge is 0.481 e. The van der Waals surface area contributed by atoms with Gasteiger partial charge in [-0.05, 0) is 62.1 Å². The van der Waals surface area contributed by atoms with Crippen LogP contribution in [-0.4, -0.2) is 25.5 Å². The quantitative estimate of drug-likeness (QED) is 0.158. The van der Waals surface area contributed by atoms with Crippen molar-refractivity contribution in [2.24, 2.45) is 4.99 Å². The summed E-state index contributed by atoms with van der Waals surface area (Å²) in [4.78, 5) is 14.9. The summed E-state index contributed by atoms with van der Waals surface area (Å²) in [5, 5.41) is 8.21. The Morgan fingerprint density at radius 2 is 1.80 bits per heavy atom. The Hall–Kier alpha value is -2.83. The number of unbranched alkanes of at least 4 members (excludes halogenated alkanes) is 3. The second kappa shape index (κ2) is 20.1. The van der Waals surface area contributed by atoms with Gasteiger partial charge >= 0.3 is 5.97 Å². The van der Waals surface area contributed by atoms with E-state index in [1.807, 2.05) is 50.3 Å². The number of carbonyl (C=O) groups is 1. The zero-order chi connectivity index (χ0) is 30.7. The molecule has 1 aliphatic heterocycles. The lowest BCUT2D eigenvalue weighted by molar-refractivity contribution is -0.137. The van der Waals surface area contributed by atoms with Gasteiger partial charge in [0.25, 0.3) is 0 Å². The molecule has 1 aliphatic rings. The van der Waals surface area contributed by atoms with Gasteiger partial charge < -0.3 is 9.66 Å². The maximum Gasteiger partial charge on any atom is 0.303 e. The number of rotatable bonds is 11. The molecule has 1 aromatic rings. The van der Waals surface area contributed by atoms with Gasteiger partial charge in [-0.25, -0.2) is 4.21 Å². The van der Waals surface area contributed by atoms with Gasteiger partial charge in [0.05, 0.1) is 10.6 Å². The molecule has 0 saturated heterocycles. The Labute approximate surface area is 245 Å². The fourth-order valence-corrected chi connectivity index (χ4v) is 4.26. The summed E-state index contributed by atoms with van der Waals surface area (Å²) in [6.45, 7) is 20.7. The molecule has 0 amide bonds. The highest BCUT2D eigenvalue weighted by atomic mass is 32.2. The first kappa shape index (κ1) is 37.2. The Morgan fingerprint density at radius 3 is 2.35 bits per heavy atom. The van der Waals surface area contributed by atoms with Crippen LogP contribution in [0.15, 0.2) is 88.0 Å². The molecule has 1 unspecified atom stereocenters. The summed E-state index contributed by atoms with van der Waals surface area (Å²) in [6.07, 6.45) is 18.8. The summed E-state index contributed by atoms with van der Waals surface area (Å²) >= 11 is -1.98. The molecular weight excluding hydrogens is 518 g/mol. The van der Waals surface area contributed by atoms with E-state index >= 15 is 0 Å². The van der Waals surface area contributed by atoms with Crippen LogP contribution in [0.3, 0.4) is 0 Å². The van der Waals surface area contributed by atoms with Crippen LogP contribution < -0.4 is 0 Å². The van der Waals surface area contributed by atoms with Crippen molar-refractivity contribution in [1.29, 1.82) is 0 Å². The molecule has 2 N–H and O–H groups in total. The van der Waals surface area contributed by atoms with Crippen LogP contribution in [0.4, 0.5) is 0 Å². The van der Waals surface area contributed by atoms with Crippen LogP contribution >= 0.6 is 0 Å². The number of allylic oxidation sites excluding steroid dienone is 8. The minimum absolute atomic E-state index is 0.262. The lowest BCUT2D eigenvalue weighted by atomic mass is 9.76. The van der Waals surface area contributed by atoms with E-state index in [1.54, 1.807) is 6.07 Å². The Bertz CT molecular complexity index is 1140. The molecule has 1 heterocycles. The van der Waals surface area contributed by atoms with Crippen molar-refractivity contribution in [1.82, 2.24) is 0 Å². The zero-order valence-corrected chi connectivity index (χ0v) is 26.7. The van der Waals surface area contributed by atoms with E-state index in [0.717, 1.165) is 59.4 Å². The molecule has 6 heteroatoms. The first-order valence-electron chi connectivity index (χ1n) is 14.2. The van der Waals surface area contributed by atoms with E-state index in [0.29, 0.717) is 11.3 Å². The minimum Gasteiger partial charge on any atom is -0.481 e. The lowest BCUT2D eigenvalue weighted by Gasteiger charge is -2.28. The molecule has 0 saturated carbocycles. The van der Waals surface area contributed by atoms with Gasteiger partial charge in [0, 0.05) is 24.0 Å². The van der Waals surface area contributed by atoms with Gasteiger partial charge in [-0.3, -0.25) is 9.79 Å². The summed E-state index contributed by atoms with van der Waals surface area (Å²) in [6, 6.07) is 5.44. The second-order valence-corrected chi connectivity index (χ2v) is 11.4. The third-order valence-corrected chi connectivity index (χ3v) is 7.12. The molecule has 40 heavy (non-hydrogen) atoms. The fraction of sp³-hybridized carbons (Fsp3) is 0.471. The van der Waals surface area contributed by atoms with Crippen LogP contribution in [0.25, 0.3) is 0 Å². The molecule has 0 aromatic heterocycles. The molecule has 0 bridgehead atoms. The maximum atomic E-state index is 11.5. The minimum atomic E-state index is -1.98. The zero-order valence-electron chi connectivity index (χ0n) is 25.9. The van der Waals surface area contributed by atoms with Crippen molar-refractivity contribution in [2.45, 2.75) is 111 Å². The molecule has 5 nitrogen and oxygen atoms in total. The summed E-state index contributed by atoms with van der Waals surface area (Å²) in [7, 11) is 0. The predicted molar refractivity (Wildman–Crippen MR) is 173 cm³/mol. The number of nitrogens with zero attached hydrogens (tertiary/aromatic N) is 1. The topological polar surface area (TPSA) is 87.0 Å². The number of carboxylic acid groups (broad SMARTS) is 1. The van der Waals surface area contributed by atoms with E-state index < -0.39 is 17.0 Å². The highest BCUT2D eigenvalue weighted by Gasteiger charge is 2.25. The van der Waals surface area contributed by atoms with Crippen molar-refractivity contribution in [3.8, 4) is 0 Å².